The summed E-state index contributed by atoms with van der Waals surface area (Å²) < 4.78 is 1.11. The number of alkyl halides is 1. The van der Waals surface area contributed by atoms with Crippen LogP contribution in [0.25, 0.3) is 16.5 Å². The maximum Gasteiger partial charge on any atom is 0.0437 e. The molecule has 0 atom stereocenters. The van der Waals surface area contributed by atoms with Crippen LogP contribution in [0.15, 0.2) is 46.4 Å². The van der Waals surface area contributed by atoms with Crippen LogP contribution in [0.1, 0.15) is 18.2 Å². The van der Waals surface area contributed by atoms with Crippen molar-refractivity contribution in [1.82, 2.24) is 0 Å². The summed E-state index contributed by atoms with van der Waals surface area (Å²) >= 11 is 11.2. The minimum absolute atomic E-state index is 0.612. The molecule has 0 amide bonds. The highest BCUT2D eigenvalue weighted by molar-refractivity contribution is 9.10. The molecule has 0 nitrogen and oxygen atoms in total. The van der Waals surface area contributed by atoms with Crippen molar-refractivity contribution in [1.29, 1.82) is 0 Å². The Morgan fingerprint density at radius 1 is 1.33 bits per heavy atom. The van der Waals surface area contributed by atoms with Gasteiger partial charge in [-0.25, -0.2) is 0 Å². The second-order valence-corrected chi connectivity index (χ2v) is 6.30. The summed E-state index contributed by atoms with van der Waals surface area (Å²) in [4.78, 5) is 2.55. The van der Waals surface area contributed by atoms with Crippen LogP contribution < -0.4 is 0 Å². The van der Waals surface area contributed by atoms with Crippen LogP contribution in [0.5, 0.6) is 0 Å². The van der Waals surface area contributed by atoms with Crippen molar-refractivity contribution in [2.75, 3.05) is 5.88 Å². The Kier molecular flexibility index (Phi) is 5.04. The molecular weight excluding hydrogens is 328 g/mol. The molecular formula is C15H14BrClS. The van der Waals surface area contributed by atoms with E-state index < -0.39 is 0 Å². The summed E-state index contributed by atoms with van der Waals surface area (Å²) in [6.07, 6.45) is 3.20. The molecule has 1 aromatic heterocycles. The van der Waals surface area contributed by atoms with Crippen LogP contribution in [-0.4, -0.2) is 5.88 Å². The second-order valence-electron chi connectivity index (χ2n) is 4.00. The molecule has 2 aromatic rings. The minimum atomic E-state index is 0.612. The van der Waals surface area contributed by atoms with Gasteiger partial charge in [-0.05, 0) is 42.3 Å². The fraction of sp³-hybridized carbons (Fsp3) is 0.200. The topological polar surface area (TPSA) is 0 Å². The summed E-state index contributed by atoms with van der Waals surface area (Å²) in [7, 11) is 0. The first kappa shape index (κ1) is 13.9. The maximum absolute atomic E-state index is 5.89. The summed E-state index contributed by atoms with van der Waals surface area (Å²) in [5.74, 6) is 0.612. The van der Waals surface area contributed by atoms with Crippen molar-refractivity contribution in [2.24, 2.45) is 0 Å². The molecule has 0 spiro atoms. The lowest BCUT2D eigenvalue weighted by molar-refractivity contribution is 1.12. The fourth-order valence-corrected chi connectivity index (χ4v) is 3.33. The quantitative estimate of drug-likeness (QED) is 0.580. The van der Waals surface area contributed by atoms with E-state index in [9.17, 15) is 0 Å². The van der Waals surface area contributed by atoms with E-state index in [4.69, 9.17) is 11.6 Å². The maximum atomic E-state index is 5.89. The fourth-order valence-electron chi connectivity index (χ4n) is 1.66. The Bertz CT molecular complexity index is 551. The summed E-state index contributed by atoms with van der Waals surface area (Å²) in [5.41, 5.74) is 2.53. The first-order valence-electron chi connectivity index (χ1n) is 5.84. The molecule has 0 aliphatic carbocycles. The van der Waals surface area contributed by atoms with Gasteiger partial charge in [-0.2, -0.15) is 0 Å². The van der Waals surface area contributed by atoms with Crippen LogP contribution in [0.2, 0.25) is 0 Å². The van der Waals surface area contributed by atoms with Crippen LogP contribution in [0, 0.1) is 0 Å². The van der Waals surface area contributed by atoms with Crippen molar-refractivity contribution < 1.29 is 0 Å². The Hall–Kier alpha value is -0.570. The average Bonchev–Trinajstić information content (AvgIpc) is 2.84. The zero-order chi connectivity index (χ0) is 13.0. The molecule has 18 heavy (non-hydrogen) atoms. The Morgan fingerprint density at radius 3 is 2.83 bits per heavy atom. The number of benzene rings is 1. The van der Waals surface area contributed by atoms with Crippen molar-refractivity contribution in [3.8, 4) is 10.4 Å². The normalized spacial score (nSPS) is 11.8. The van der Waals surface area contributed by atoms with E-state index in [0.29, 0.717) is 5.88 Å². The molecule has 3 heteroatoms. The first-order chi connectivity index (χ1) is 8.72. The van der Waals surface area contributed by atoms with E-state index >= 15 is 0 Å². The molecule has 0 unspecified atom stereocenters. The molecule has 0 radical (unpaired) electrons. The minimum Gasteiger partial charge on any atom is -0.136 e. The summed E-state index contributed by atoms with van der Waals surface area (Å²) in [5, 5.41) is 0. The third-order valence-electron chi connectivity index (χ3n) is 2.71. The molecule has 94 valence electrons. The van der Waals surface area contributed by atoms with Crippen LogP contribution >= 0.6 is 38.9 Å². The van der Waals surface area contributed by atoms with Crippen LogP contribution in [-0.2, 0) is 0 Å². The van der Waals surface area contributed by atoms with Crippen molar-refractivity contribution in [2.45, 2.75) is 13.3 Å². The molecule has 1 aromatic carbocycles. The Labute approximate surface area is 125 Å². The highest BCUT2D eigenvalue weighted by atomic mass is 79.9. The van der Waals surface area contributed by atoms with Gasteiger partial charge in [-0.15, -0.1) is 22.9 Å². The predicted molar refractivity (Wildman–Crippen MR) is 86.4 cm³/mol. The van der Waals surface area contributed by atoms with Crippen molar-refractivity contribution >= 4 is 44.9 Å². The van der Waals surface area contributed by atoms with Gasteiger partial charge in [0.2, 0.25) is 0 Å². The van der Waals surface area contributed by atoms with Gasteiger partial charge in [-0.1, -0.05) is 40.6 Å². The Morgan fingerprint density at radius 2 is 2.17 bits per heavy atom. The monoisotopic (exact) mass is 340 g/mol. The van der Waals surface area contributed by atoms with Gasteiger partial charge in [0.05, 0.1) is 0 Å². The molecule has 1 heterocycles. The first-order valence-corrected chi connectivity index (χ1v) is 7.98. The van der Waals surface area contributed by atoms with Gasteiger partial charge >= 0.3 is 0 Å². The number of hydrogen-bond acceptors (Lipinski definition) is 1. The molecule has 0 aliphatic heterocycles. The number of allylic oxidation sites excluding steroid dienone is 1. The molecule has 0 bridgehead atoms. The zero-order valence-corrected chi connectivity index (χ0v) is 13.3. The van der Waals surface area contributed by atoms with Crippen molar-refractivity contribution in [3.63, 3.8) is 0 Å². The second kappa shape index (κ2) is 6.55. The molecule has 0 saturated heterocycles. The number of rotatable bonds is 4. The van der Waals surface area contributed by atoms with E-state index in [2.05, 4.69) is 59.3 Å². The SMILES string of the molecule is CCC(=Cc1ccc(-c2cccc(Br)c2)s1)CCl. The predicted octanol–water partition coefficient (Wildman–Crippen LogP) is 6.21. The van der Waals surface area contributed by atoms with Crippen molar-refractivity contribution in [3.05, 3.63) is 51.3 Å². The van der Waals surface area contributed by atoms with Crippen LogP contribution in [0.3, 0.4) is 0 Å². The van der Waals surface area contributed by atoms with Gasteiger partial charge in [-0.3, -0.25) is 0 Å². The standard InChI is InChI=1S/C15H14BrClS/c1-2-11(10-17)8-14-6-7-15(18-14)12-4-3-5-13(16)9-12/h3-9H,2,10H2,1H3. The third kappa shape index (κ3) is 3.47. The molecule has 0 N–H and O–H groups in total. The van der Waals surface area contributed by atoms with E-state index in [-0.39, 0.29) is 0 Å². The average molecular weight is 342 g/mol. The Balaban J connectivity index is 2.28. The van der Waals surface area contributed by atoms with Gasteiger partial charge in [0, 0.05) is 20.1 Å². The number of hydrogen-bond donors (Lipinski definition) is 0. The van der Waals surface area contributed by atoms with E-state index in [0.717, 1.165) is 10.9 Å². The zero-order valence-electron chi connectivity index (χ0n) is 10.1. The van der Waals surface area contributed by atoms with E-state index in [1.54, 1.807) is 11.3 Å². The lowest BCUT2D eigenvalue weighted by atomic mass is 10.2. The van der Waals surface area contributed by atoms with Gasteiger partial charge in [0.15, 0.2) is 0 Å². The van der Waals surface area contributed by atoms with Gasteiger partial charge in [0.1, 0.15) is 0 Å². The molecule has 0 fully saturated rings. The summed E-state index contributed by atoms with van der Waals surface area (Å²) in [6, 6.07) is 12.7. The highest BCUT2D eigenvalue weighted by Gasteiger charge is 2.02. The smallest absolute Gasteiger partial charge is 0.0437 e. The van der Waals surface area contributed by atoms with Gasteiger partial charge in [0.25, 0.3) is 0 Å². The molecule has 0 saturated carbocycles. The van der Waals surface area contributed by atoms with E-state index in [1.165, 1.54) is 20.9 Å². The summed E-state index contributed by atoms with van der Waals surface area (Å²) in [6.45, 7) is 2.14. The molecule has 2 rings (SSSR count). The van der Waals surface area contributed by atoms with Crippen LogP contribution in [0.4, 0.5) is 0 Å². The largest absolute Gasteiger partial charge is 0.136 e. The van der Waals surface area contributed by atoms with Gasteiger partial charge < -0.3 is 0 Å². The lowest BCUT2D eigenvalue weighted by Gasteiger charge is -1.98. The lowest BCUT2D eigenvalue weighted by Crippen LogP contribution is -1.79. The van der Waals surface area contributed by atoms with E-state index in [1.807, 2.05) is 6.07 Å². The number of halogens is 2. The third-order valence-corrected chi connectivity index (χ3v) is 4.63. The molecule has 0 aliphatic rings. The highest BCUT2D eigenvalue weighted by Crippen LogP contribution is 2.31. The number of thiophene rings is 1.